The number of benzene rings is 1. The Morgan fingerprint density at radius 2 is 2.27 bits per heavy atom. The lowest BCUT2D eigenvalue weighted by atomic mass is 9.89. The molecule has 1 atom stereocenters. The molecule has 1 aliphatic rings. The molecule has 0 radical (unpaired) electrons. The van der Waals surface area contributed by atoms with E-state index < -0.39 is 0 Å². The van der Waals surface area contributed by atoms with Gasteiger partial charge in [-0.25, -0.2) is 9.50 Å². The first-order valence-electron chi connectivity index (χ1n) is 8.65. The van der Waals surface area contributed by atoms with Crippen molar-refractivity contribution in [1.82, 2.24) is 24.8 Å². The number of carbonyl (C=O) groups is 1. The Balaban J connectivity index is 1.65. The quantitative estimate of drug-likeness (QED) is 0.716. The molecule has 0 bridgehead atoms. The van der Waals surface area contributed by atoms with Crippen molar-refractivity contribution in [3.05, 3.63) is 63.5 Å². The van der Waals surface area contributed by atoms with Gasteiger partial charge in [0.15, 0.2) is 11.3 Å². The Kier molecular flexibility index (Phi) is 4.50. The van der Waals surface area contributed by atoms with Gasteiger partial charge in [-0.3, -0.25) is 4.79 Å². The zero-order chi connectivity index (χ0) is 18.3. The number of nitrogens with one attached hydrogen (secondary N) is 1. The van der Waals surface area contributed by atoms with E-state index in [1.807, 2.05) is 11.9 Å². The molecule has 1 N–H and O–H groups in total. The van der Waals surface area contributed by atoms with Crippen LogP contribution in [0, 0.1) is 0 Å². The molecule has 1 aliphatic heterocycles. The second-order valence-corrected chi connectivity index (χ2v) is 7.46. The van der Waals surface area contributed by atoms with E-state index in [1.165, 1.54) is 16.7 Å². The van der Waals surface area contributed by atoms with Crippen LogP contribution in [0.1, 0.15) is 40.1 Å². The minimum absolute atomic E-state index is 0.0209. The second-order valence-electron chi connectivity index (χ2n) is 6.54. The summed E-state index contributed by atoms with van der Waals surface area (Å²) in [5.74, 6) is -0.0520. The highest BCUT2D eigenvalue weighted by Gasteiger charge is 2.30. The molecule has 1 unspecified atom stereocenters. The van der Waals surface area contributed by atoms with Gasteiger partial charge in [0, 0.05) is 31.5 Å². The van der Waals surface area contributed by atoms with Crippen molar-refractivity contribution >= 4 is 27.5 Å². The molecule has 26 heavy (non-hydrogen) atoms. The van der Waals surface area contributed by atoms with Crippen LogP contribution in [-0.2, 0) is 13.0 Å². The van der Waals surface area contributed by atoms with Crippen LogP contribution in [0.2, 0.25) is 0 Å². The summed E-state index contributed by atoms with van der Waals surface area (Å²) >= 11 is 3.38. The maximum atomic E-state index is 13.1. The maximum Gasteiger partial charge on any atom is 0.274 e. The van der Waals surface area contributed by atoms with Crippen LogP contribution in [0.4, 0.5) is 0 Å². The van der Waals surface area contributed by atoms with Crippen LogP contribution in [0.3, 0.4) is 0 Å². The van der Waals surface area contributed by atoms with Crippen molar-refractivity contribution in [2.45, 2.75) is 25.9 Å². The summed E-state index contributed by atoms with van der Waals surface area (Å²) in [5.41, 5.74) is 4.99. The van der Waals surface area contributed by atoms with Crippen LogP contribution in [-0.4, -0.2) is 39.0 Å². The van der Waals surface area contributed by atoms with E-state index in [2.05, 4.69) is 56.5 Å². The van der Waals surface area contributed by atoms with E-state index in [9.17, 15) is 4.79 Å². The smallest absolute Gasteiger partial charge is 0.274 e. The predicted molar refractivity (Wildman–Crippen MR) is 103 cm³/mol. The van der Waals surface area contributed by atoms with Crippen molar-refractivity contribution in [2.24, 2.45) is 0 Å². The van der Waals surface area contributed by atoms with Gasteiger partial charge in [0.1, 0.15) is 0 Å². The Morgan fingerprint density at radius 1 is 1.42 bits per heavy atom. The summed E-state index contributed by atoms with van der Waals surface area (Å²) < 4.78 is 2.45. The van der Waals surface area contributed by atoms with Crippen molar-refractivity contribution < 1.29 is 4.79 Å². The number of aromatic nitrogens is 3. The number of hydrogen-bond acceptors (Lipinski definition) is 4. The molecule has 2 aromatic heterocycles. The first kappa shape index (κ1) is 17.2. The van der Waals surface area contributed by atoms with Crippen LogP contribution in [0.5, 0.6) is 0 Å². The summed E-state index contributed by atoms with van der Waals surface area (Å²) in [5, 5.41) is 7.63. The van der Waals surface area contributed by atoms with Crippen molar-refractivity contribution in [3.8, 4) is 0 Å². The normalized spacial score (nSPS) is 16.7. The molecular formula is C19H20BrN5O. The van der Waals surface area contributed by atoms with E-state index in [1.54, 1.807) is 23.0 Å². The minimum atomic E-state index is -0.0520. The molecule has 0 saturated heterocycles. The lowest BCUT2D eigenvalue weighted by Crippen LogP contribution is -2.39. The molecule has 0 saturated carbocycles. The van der Waals surface area contributed by atoms with Gasteiger partial charge >= 0.3 is 0 Å². The highest BCUT2D eigenvalue weighted by molar-refractivity contribution is 9.10. The van der Waals surface area contributed by atoms with Crippen LogP contribution < -0.4 is 5.32 Å². The van der Waals surface area contributed by atoms with Gasteiger partial charge in [-0.2, -0.15) is 5.10 Å². The summed E-state index contributed by atoms with van der Waals surface area (Å²) in [6, 6.07) is 8.12. The third kappa shape index (κ3) is 2.91. The van der Waals surface area contributed by atoms with Gasteiger partial charge in [0.2, 0.25) is 0 Å². The fourth-order valence-corrected chi connectivity index (χ4v) is 3.98. The van der Waals surface area contributed by atoms with E-state index in [4.69, 9.17) is 0 Å². The number of fused-ring (bicyclic) bond motifs is 2. The lowest BCUT2D eigenvalue weighted by Gasteiger charge is -2.36. The summed E-state index contributed by atoms with van der Waals surface area (Å²) in [4.78, 5) is 19.3. The first-order chi connectivity index (χ1) is 12.6. The topological polar surface area (TPSA) is 62.5 Å². The predicted octanol–water partition coefficient (Wildman–Crippen LogP) is 2.97. The highest BCUT2D eigenvalue weighted by atomic mass is 79.9. The SMILES string of the molecule is CNCc1cccc2c1CCN(C(=O)c1cc3ncc(Br)cn3n1)C2C. The number of hydrogen-bond donors (Lipinski definition) is 1. The maximum absolute atomic E-state index is 13.1. The summed E-state index contributed by atoms with van der Waals surface area (Å²) in [7, 11) is 1.96. The lowest BCUT2D eigenvalue weighted by molar-refractivity contribution is 0.0671. The molecule has 0 fully saturated rings. The molecule has 0 spiro atoms. The van der Waals surface area contributed by atoms with Crippen LogP contribution in [0.15, 0.2) is 41.1 Å². The fourth-order valence-electron chi connectivity index (χ4n) is 3.68. The van der Waals surface area contributed by atoms with Crippen molar-refractivity contribution in [3.63, 3.8) is 0 Å². The van der Waals surface area contributed by atoms with E-state index in [0.29, 0.717) is 17.9 Å². The van der Waals surface area contributed by atoms with Gasteiger partial charge < -0.3 is 10.2 Å². The molecule has 3 heterocycles. The van der Waals surface area contributed by atoms with Crippen LogP contribution >= 0.6 is 15.9 Å². The summed E-state index contributed by atoms with van der Waals surface area (Å²) in [6.45, 7) is 3.62. The number of nitrogens with zero attached hydrogens (tertiary/aromatic N) is 4. The minimum Gasteiger partial charge on any atom is -0.330 e. The van der Waals surface area contributed by atoms with E-state index in [0.717, 1.165) is 17.4 Å². The van der Waals surface area contributed by atoms with E-state index >= 15 is 0 Å². The molecule has 6 nitrogen and oxygen atoms in total. The number of amides is 1. The molecular weight excluding hydrogens is 394 g/mol. The standard InChI is InChI=1S/C19H20BrN5O/c1-12-15-5-3-4-13(9-21-2)16(15)6-7-24(12)19(26)17-8-18-22-10-14(20)11-25(18)23-17/h3-5,8,10-12,21H,6-7,9H2,1-2H3. The first-order valence-corrected chi connectivity index (χ1v) is 9.45. The monoisotopic (exact) mass is 413 g/mol. The van der Waals surface area contributed by atoms with E-state index in [-0.39, 0.29) is 11.9 Å². The average Bonchev–Trinajstić information content (AvgIpc) is 3.05. The largest absolute Gasteiger partial charge is 0.330 e. The highest BCUT2D eigenvalue weighted by Crippen LogP contribution is 2.32. The molecule has 3 aromatic rings. The fraction of sp³-hybridized carbons (Fsp3) is 0.316. The molecule has 0 aliphatic carbocycles. The molecule has 7 heteroatoms. The molecule has 1 amide bonds. The van der Waals surface area contributed by atoms with Crippen LogP contribution in [0.25, 0.3) is 5.65 Å². The Hall–Kier alpha value is -2.25. The van der Waals surface area contributed by atoms with Crippen molar-refractivity contribution in [1.29, 1.82) is 0 Å². The third-order valence-corrected chi connectivity index (χ3v) is 5.37. The summed E-state index contributed by atoms with van der Waals surface area (Å²) in [6.07, 6.45) is 4.37. The average molecular weight is 414 g/mol. The zero-order valence-electron chi connectivity index (χ0n) is 14.7. The Labute approximate surface area is 160 Å². The van der Waals surface area contributed by atoms with Gasteiger partial charge in [0.25, 0.3) is 5.91 Å². The Bertz CT molecular complexity index is 983. The molecule has 1 aromatic carbocycles. The molecule has 134 valence electrons. The van der Waals surface area contributed by atoms with Gasteiger partial charge in [-0.1, -0.05) is 18.2 Å². The van der Waals surface area contributed by atoms with Crippen molar-refractivity contribution in [2.75, 3.05) is 13.6 Å². The Morgan fingerprint density at radius 3 is 3.08 bits per heavy atom. The zero-order valence-corrected chi connectivity index (χ0v) is 16.3. The van der Waals surface area contributed by atoms with Gasteiger partial charge in [0.05, 0.1) is 10.5 Å². The van der Waals surface area contributed by atoms with Gasteiger partial charge in [-0.15, -0.1) is 0 Å². The molecule has 4 rings (SSSR count). The number of rotatable bonds is 3. The second kappa shape index (κ2) is 6.81. The number of carbonyl (C=O) groups excluding carboxylic acids is 1. The third-order valence-electron chi connectivity index (χ3n) is 4.96. The number of halogens is 1. The van der Waals surface area contributed by atoms with Gasteiger partial charge in [-0.05, 0) is 53.0 Å².